The highest BCUT2D eigenvalue weighted by molar-refractivity contribution is 5.89. The van der Waals surface area contributed by atoms with Crippen LogP contribution in [0.1, 0.15) is 39.2 Å². The molecule has 0 bridgehead atoms. The van der Waals surface area contributed by atoms with Crippen LogP contribution in [0, 0.1) is 0 Å². The van der Waals surface area contributed by atoms with Gasteiger partial charge in [0.25, 0.3) is 0 Å². The van der Waals surface area contributed by atoms with Gasteiger partial charge in [0.1, 0.15) is 5.60 Å². The zero-order valence-corrected chi connectivity index (χ0v) is 19.8. The maximum Gasteiger partial charge on any atom is 0.416 e. The van der Waals surface area contributed by atoms with Gasteiger partial charge in [-0.3, -0.25) is 0 Å². The molecule has 0 spiro atoms. The van der Waals surface area contributed by atoms with Crippen LogP contribution in [0.2, 0.25) is 0 Å². The van der Waals surface area contributed by atoms with E-state index in [1.807, 2.05) is 20.8 Å². The third kappa shape index (κ3) is 6.65. The lowest BCUT2D eigenvalue weighted by Gasteiger charge is -2.37. The molecule has 1 aliphatic heterocycles. The first kappa shape index (κ1) is 25.4. The summed E-state index contributed by atoms with van der Waals surface area (Å²) in [7, 11) is 1.72. The van der Waals surface area contributed by atoms with Crippen molar-refractivity contribution in [2.45, 2.75) is 51.4 Å². The maximum absolute atomic E-state index is 12.7. The fraction of sp³-hybridized carbons (Fsp3) is 0.440. The number of nitrogens with zero attached hydrogens (tertiary/aromatic N) is 2. The lowest BCUT2D eigenvalue weighted by Crippen LogP contribution is -2.49. The molecule has 3 amide bonds. The Morgan fingerprint density at radius 2 is 1.44 bits per heavy atom. The number of urea groups is 1. The van der Waals surface area contributed by atoms with Crippen molar-refractivity contribution < 1.29 is 27.5 Å². The lowest BCUT2D eigenvalue weighted by molar-refractivity contribution is -0.137. The van der Waals surface area contributed by atoms with E-state index in [4.69, 9.17) is 4.74 Å². The number of carbonyl (C=O) groups excluding carboxylic acids is 2. The lowest BCUT2D eigenvalue weighted by atomic mass is 10.0. The van der Waals surface area contributed by atoms with Crippen molar-refractivity contribution in [3.05, 3.63) is 54.1 Å². The van der Waals surface area contributed by atoms with Gasteiger partial charge >= 0.3 is 18.3 Å². The third-order valence-corrected chi connectivity index (χ3v) is 5.67. The average Bonchev–Trinajstić information content (AvgIpc) is 2.77. The number of piperidine rings is 1. The monoisotopic (exact) mass is 477 g/mol. The number of anilines is 1. The van der Waals surface area contributed by atoms with Crippen LogP contribution in [-0.2, 0) is 10.9 Å². The number of alkyl halides is 3. The van der Waals surface area contributed by atoms with Crippen molar-refractivity contribution >= 4 is 17.8 Å². The second-order valence-electron chi connectivity index (χ2n) is 9.39. The van der Waals surface area contributed by atoms with Gasteiger partial charge in [0.15, 0.2) is 0 Å². The van der Waals surface area contributed by atoms with Crippen molar-refractivity contribution in [1.29, 1.82) is 0 Å². The Bertz CT molecular complexity index is 991. The number of nitrogens with one attached hydrogen (secondary N) is 1. The summed E-state index contributed by atoms with van der Waals surface area (Å²) in [5.41, 5.74) is 0.736. The molecule has 0 aromatic heterocycles. The van der Waals surface area contributed by atoms with E-state index in [9.17, 15) is 22.8 Å². The Balaban J connectivity index is 1.53. The fourth-order valence-electron chi connectivity index (χ4n) is 3.74. The molecule has 184 valence electrons. The molecule has 0 unspecified atom stereocenters. The van der Waals surface area contributed by atoms with E-state index in [1.165, 1.54) is 12.1 Å². The topological polar surface area (TPSA) is 61.9 Å². The minimum Gasteiger partial charge on any atom is -0.444 e. The summed E-state index contributed by atoms with van der Waals surface area (Å²) in [4.78, 5) is 28.2. The number of amides is 3. The highest BCUT2D eigenvalue weighted by Gasteiger charge is 2.31. The molecule has 0 aliphatic carbocycles. The molecule has 0 saturated carbocycles. The standard InChI is InChI=1S/C25H30F3N3O3/c1-24(2,3)34-23(33)31-15-13-21(14-16-31)30(4)22(32)29-20-11-7-18(8-12-20)17-5-9-19(10-6-17)25(26,27)28/h5-12,21H,13-16H2,1-4H3,(H,29,32). The van der Waals surface area contributed by atoms with Crippen LogP contribution in [0.25, 0.3) is 11.1 Å². The highest BCUT2D eigenvalue weighted by atomic mass is 19.4. The average molecular weight is 478 g/mol. The molecule has 2 aromatic rings. The van der Waals surface area contributed by atoms with Crippen LogP contribution in [0.3, 0.4) is 0 Å². The SMILES string of the molecule is CN(C(=O)Nc1ccc(-c2ccc(C(F)(F)F)cc2)cc1)C1CCN(C(=O)OC(C)(C)C)CC1. The molecule has 0 atom stereocenters. The van der Waals surface area contributed by atoms with Crippen molar-refractivity contribution in [1.82, 2.24) is 9.80 Å². The molecule has 2 aromatic carbocycles. The van der Waals surface area contributed by atoms with E-state index in [2.05, 4.69) is 5.32 Å². The second kappa shape index (κ2) is 9.95. The first-order valence-electron chi connectivity index (χ1n) is 11.1. The minimum atomic E-state index is -4.37. The molecule has 1 saturated heterocycles. The minimum absolute atomic E-state index is 0.00916. The van der Waals surface area contributed by atoms with Crippen molar-refractivity contribution in [2.75, 3.05) is 25.5 Å². The number of hydrogen-bond donors (Lipinski definition) is 1. The molecule has 1 aliphatic rings. The van der Waals surface area contributed by atoms with Gasteiger partial charge < -0.3 is 19.9 Å². The van der Waals surface area contributed by atoms with E-state index in [0.717, 1.165) is 17.7 Å². The van der Waals surface area contributed by atoms with Gasteiger partial charge in [-0.25, -0.2) is 9.59 Å². The molecular formula is C25H30F3N3O3. The Morgan fingerprint density at radius 1 is 0.941 bits per heavy atom. The smallest absolute Gasteiger partial charge is 0.416 e. The van der Waals surface area contributed by atoms with Gasteiger partial charge in [0, 0.05) is 31.9 Å². The first-order chi connectivity index (χ1) is 15.8. The summed E-state index contributed by atoms with van der Waals surface area (Å²) in [6, 6.07) is 11.6. The fourth-order valence-corrected chi connectivity index (χ4v) is 3.74. The van der Waals surface area contributed by atoms with E-state index in [1.54, 1.807) is 41.1 Å². The van der Waals surface area contributed by atoms with E-state index >= 15 is 0 Å². The molecule has 9 heteroatoms. The largest absolute Gasteiger partial charge is 0.444 e. The summed E-state index contributed by atoms with van der Waals surface area (Å²) in [5, 5.41) is 2.84. The molecular weight excluding hydrogens is 447 g/mol. The maximum atomic E-state index is 12.7. The summed E-state index contributed by atoms with van der Waals surface area (Å²) in [6.45, 7) is 6.50. The number of likely N-dealkylation sites (tertiary alicyclic amines) is 1. The van der Waals surface area contributed by atoms with Gasteiger partial charge in [-0.15, -0.1) is 0 Å². The van der Waals surface area contributed by atoms with Crippen molar-refractivity contribution in [3.8, 4) is 11.1 Å². The highest BCUT2D eigenvalue weighted by Crippen LogP contribution is 2.31. The van der Waals surface area contributed by atoms with Crippen LogP contribution >= 0.6 is 0 Å². The van der Waals surface area contributed by atoms with Crippen molar-refractivity contribution in [2.24, 2.45) is 0 Å². The number of rotatable bonds is 3. The number of carbonyl (C=O) groups is 2. The number of hydrogen-bond acceptors (Lipinski definition) is 3. The Kier molecular flexibility index (Phi) is 7.43. The van der Waals surface area contributed by atoms with Gasteiger partial charge in [-0.1, -0.05) is 24.3 Å². The Morgan fingerprint density at radius 3 is 1.91 bits per heavy atom. The summed E-state index contributed by atoms with van der Waals surface area (Å²) >= 11 is 0. The predicted molar refractivity (Wildman–Crippen MR) is 124 cm³/mol. The number of benzene rings is 2. The second-order valence-corrected chi connectivity index (χ2v) is 9.39. The number of ether oxygens (including phenoxy) is 1. The molecule has 1 heterocycles. The molecule has 1 N–H and O–H groups in total. The zero-order valence-electron chi connectivity index (χ0n) is 19.8. The molecule has 0 radical (unpaired) electrons. The quantitative estimate of drug-likeness (QED) is 0.570. The first-order valence-corrected chi connectivity index (χ1v) is 11.1. The van der Waals surface area contributed by atoms with Crippen molar-refractivity contribution in [3.63, 3.8) is 0 Å². The summed E-state index contributed by atoms with van der Waals surface area (Å²) in [5.74, 6) is 0. The number of halogens is 3. The molecule has 6 nitrogen and oxygen atoms in total. The predicted octanol–water partition coefficient (Wildman–Crippen LogP) is 6.24. The van der Waals surface area contributed by atoms with E-state index in [0.29, 0.717) is 37.2 Å². The normalized spacial score (nSPS) is 15.1. The zero-order chi connectivity index (χ0) is 25.1. The molecule has 3 rings (SSSR count). The Labute approximate surface area is 197 Å². The van der Waals surface area contributed by atoms with Gasteiger partial charge in [0.2, 0.25) is 0 Å². The van der Waals surface area contributed by atoms with Crippen LogP contribution in [-0.4, -0.2) is 53.7 Å². The van der Waals surface area contributed by atoms with Gasteiger partial charge in [-0.05, 0) is 69.0 Å². The van der Waals surface area contributed by atoms with E-state index < -0.39 is 17.3 Å². The third-order valence-electron chi connectivity index (χ3n) is 5.67. The van der Waals surface area contributed by atoms with Crippen LogP contribution < -0.4 is 5.32 Å². The van der Waals surface area contributed by atoms with Gasteiger partial charge in [-0.2, -0.15) is 13.2 Å². The van der Waals surface area contributed by atoms with Gasteiger partial charge in [0.05, 0.1) is 5.56 Å². The molecule has 34 heavy (non-hydrogen) atoms. The van der Waals surface area contributed by atoms with Crippen LogP contribution in [0.15, 0.2) is 48.5 Å². The Hall–Kier alpha value is -3.23. The van der Waals surface area contributed by atoms with Crippen LogP contribution in [0.5, 0.6) is 0 Å². The van der Waals surface area contributed by atoms with Crippen LogP contribution in [0.4, 0.5) is 28.4 Å². The summed E-state index contributed by atoms with van der Waals surface area (Å²) in [6.07, 6.45) is -3.41. The molecule has 1 fully saturated rings. The van der Waals surface area contributed by atoms with E-state index in [-0.39, 0.29) is 18.2 Å². The summed E-state index contributed by atoms with van der Waals surface area (Å²) < 4.78 is 43.6.